The van der Waals surface area contributed by atoms with Crippen molar-refractivity contribution in [3.63, 3.8) is 0 Å². The molecular weight excluding hydrogens is 400 g/mol. The average Bonchev–Trinajstić information content (AvgIpc) is 2.75. The van der Waals surface area contributed by atoms with Gasteiger partial charge in [-0.2, -0.15) is 0 Å². The van der Waals surface area contributed by atoms with Crippen LogP contribution in [-0.2, 0) is 27.1 Å². The molecule has 30 heavy (non-hydrogen) atoms. The van der Waals surface area contributed by atoms with E-state index < -0.39 is 10.0 Å². The van der Waals surface area contributed by atoms with Gasteiger partial charge in [-0.1, -0.05) is 42.5 Å². The highest BCUT2D eigenvalue weighted by molar-refractivity contribution is 7.88. The van der Waals surface area contributed by atoms with E-state index in [4.69, 9.17) is 4.74 Å². The Balaban J connectivity index is 1.58. The van der Waals surface area contributed by atoms with Gasteiger partial charge in [-0.15, -0.1) is 0 Å². The van der Waals surface area contributed by atoms with Crippen LogP contribution in [0.15, 0.2) is 48.5 Å². The number of para-hydroxylation sites is 1. The quantitative estimate of drug-likeness (QED) is 0.677. The van der Waals surface area contributed by atoms with Crippen molar-refractivity contribution >= 4 is 15.9 Å². The van der Waals surface area contributed by atoms with Crippen LogP contribution in [0.3, 0.4) is 0 Å². The van der Waals surface area contributed by atoms with Crippen molar-refractivity contribution in [3.05, 3.63) is 65.2 Å². The Morgan fingerprint density at radius 3 is 2.30 bits per heavy atom. The first kappa shape index (κ1) is 22.3. The van der Waals surface area contributed by atoms with Crippen LogP contribution in [-0.4, -0.2) is 50.8 Å². The van der Waals surface area contributed by atoms with Gasteiger partial charge in [0.05, 0.1) is 12.9 Å². The number of amides is 1. The van der Waals surface area contributed by atoms with Crippen LogP contribution in [0.4, 0.5) is 0 Å². The highest BCUT2D eigenvalue weighted by atomic mass is 32.2. The number of nitrogens with zero attached hydrogens (tertiary/aromatic N) is 2. The van der Waals surface area contributed by atoms with E-state index in [9.17, 15) is 13.2 Å². The third-order valence-corrected chi connectivity index (χ3v) is 7.60. The predicted molar refractivity (Wildman–Crippen MR) is 118 cm³/mol. The van der Waals surface area contributed by atoms with Gasteiger partial charge in [0.25, 0.3) is 0 Å². The fourth-order valence-corrected chi connectivity index (χ4v) is 5.59. The van der Waals surface area contributed by atoms with Crippen molar-refractivity contribution < 1.29 is 17.9 Å². The molecule has 2 aromatic carbocycles. The largest absolute Gasteiger partial charge is 0.496 e. The molecule has 0 atom stereocenters. The summed E-state index contributed by atoms with van der Waals surface area (Å²) >= 11 is 0. The zero-order valence-corrected chi connectivity index (χ0v) is 18.7. The van der Waals surface area contributed by atoms with E-state index in [0.29, 0.717) is 32.5 Å². The molecule has 0 aliphatic carbocycles. The monoisotopic (exact) mass is 430 g/mol. The third-order valence-electron chi connectivity index (χ3n) is 5.77. The van der Waals surface area contributed by atoms with Gasteiger partial charge in [0.1, 0.15) is 5.75 Å². The Morgan fingerprint density at radius 2 is 1.67 bits per heavy atom. The van der Waals surface area contributed by atoms with Crippen molar-refractivity contribution in [1.82, 2.24) is 9.21 Å². The van der Waals surface area contributed by atoms with E-state index in [1.54, 1.807) is 19.1 Å². The first-order valence-electron chi connectivity index (χ1n) is 10.2. The number of piperidine rings is 1. The van der Waals surface area contributed by atoms with E-state index in [0.717, 1.165) is 22.4 Å². The van der Waals surface area contributed by atoms with Gasteiger partial charge >= 0.3 is 0 Å². The maximum Gasteiger partial charge on any atom is 0.225 e. The van der Waals surface area contributed by atoms with Gasteiger partial charge in [-0.25, -0.2) is 12.7 Å². The number of benzene rings is 2. The molecule has 1 aliphatic heterocycles. The summed E-state index contributed by atoms with van der Waals surface area (Å²) in [5.41, 5.74) is 2.76. The van der Waals surface area contributed by atoms with Crippen LogP contribution >= 0.6 is 0 Å². The van der Waals surface area contributed by atoms with Crippen LogP contribution in [0.25, 0.3) is 0 Å². The molecule has 7 heteroatoms. The summed E-state index contributed by atoms with van der Waals surface area (Å²) in [4.78, 5) is 14.6. The summed E-state index contributed by atoms with van der Waals surface area (Å²) in [5.74, 6) is 0.659. The lowest BCUT2D eigenvalue weighted by Crippen LogP contribution is -2.43. The predicted octanol–water partition coefficient (Wildman–Crippen LogP) is 3.20. The molecule has 0 spiro atoms. The average molecular weight is 431 g/mol. The molecule has 1 aliphatic rings. The van der Waals surface area contributed by atoms with Crippen LogP contribution < -0.4 is 4.74 Å². The Bertz CT molecular complexity index is 982. The molecule has 0 bridgehead atoms. The van der Waals surface area contributed by atoms with Crippen LogP contribution in [0, 0.1) is 12.8 Å². The Kier molecular flexibility index (Phi) is 7.15. The zero-order valence-electron chi connectivity index (χ0n) is 17.9. The standard InChI is InChI=1S/C23H30N2O4S/c1-18-8-4-5-10-21(18)17-30(27,28)25-14-12-19(13-15-25)23(26)24(2)16-20-9-6-7-11-22(20)29-3/h4-11,19H,12-17H2,1-3H3. The first-order valence-corrected chi connectivity index (χ1v) is 11.8. The fraction of sp³-hybridized carbons (Fsp3) is 0.435. The second kappa shape index (κ2) is 9.62. The summed E-state index contributed by atoms with van der Waals surface area (Å²) in [6.45, 7) is 3.15. The minimum atomic E-state index is -3.39. The number of aryl methyl sites for hydroxylation is 1. The number of carbonyl (C=O) groups excluding carboxylic acids is 1. The summed E-state index contributed by atoms with van der Waals surface area (Å²) < 4.78 is 32.6. The molecule has 0 N–H and O–H groups in total. The number of carbonyl (C=O) groups is 1. The van der Waals surface area contributed by atoms with Crippen molar-refractivity contribution in [1.29, 1.82) is 0 Å². The lowest BCUT2D eigenvalue weighted by Gasteiger charge is -2.32. The smallest absolute Gasteiger partial charge is 0.225 e. The van der Waals surface area contributed by atoms with Gasteiger partial charge in [0.15, 0.2) is 0 Å². The molecule has 0 radical (unpaired) electrons. The lowest BCUT2D eigenvalue weighted by molar-refractivity contribution is -0.135. The summed E-state index contributed by atoms with van der Waals surface area (Å²) in [5, 5.41) is 0. The Labute approximate surface area is 179 Å². The number of rotatable bonds is 7. The molecule has 1 heterocycles. The number of hydrogen-bond acceptors (Lipinski definition) is 4. The normalized spacial score (nSPS) is 15.7. The molecule has 0 unspecified atom stereocenters. The van der Waals surface area contributed by atoms with Crippen LogP contribution in [0.1, 0.15) is 29.5 Å². The zero-order chi connectivity index (χ0) is 21.7. The maximum atomic E-state index is 12.9. The van der Waals surface area contributed by atoms with E-state index in [1.807, 2.05) is 55.5 Å². The van der Waals surface area contributed by atoms with Gasteiger partial charge in [0, 0.05) is 38.2 Å². The van der Waals surface area contributed by atoms with E-state index in [2.05, 4.69) is 0 Å². The molecule has 1 saturated heterocycles. The molecule has 6 nitrogen and oxygen atoms in total. The van der Waals surface area contributed by atoms with Crippen LogP contribution in [0.5, 0.6) is 5.75 Å². The highest BCUT2D eigenvalue weighted by Crippen LogP contribution is 2.25. The van der Waals surface area contributed by atoms with E-state index >= 15 is 0 Å². The summed E-state index contributed by atoms with van der Waals surface area (Å²) in [7, 11) is 0.0127. The van der Waals surface area contributed by atoms with Gasteiger partial charge in [-0.05, 0) is 37.0 Å². The van der Waals surface area contributed by atoms with Crippen molar-refractivity contribution in [2.75, 3.05) is 27.2 Å². The fourth-order valence-electron chi connectivity index (χ4n) is 3.92. The third kappa shape index (κ3) is 5.21. The maximum absolute atomic E-state index is 12.9. The van der Waals surface area contributed by atoms with Gasteiger partial charge in [-0.3, -0.25) is 4.79 Å². The first-order chi connectivity index (χ1) is 14.3. The number of ether oxygens (including phenoxy) is 1. The van der Waals surface area contributed by atoms with Crippen molar-refractivity contribution in [2.45, 2.75) is 32.1 Å². The Hall–Kier alpha value is -2.38. The van der Waals surface area contributed by atoms with E-state index in [-0.39, 0.29) is 17.6 Å². The molecule has 2 aromatic rings. The highest BCUT2D eigenvalue weighted by Gasteiger charge is 2.32. The minimum absolute atomic E-state index is 0.00594. The molecule has 3 rings (SSSR count). The number of hydrogen-bond donors (Lipinski definition) is 0. The number of methoxy groups -OCH3 is 1. The second-order valence-electron chi connectivity index (χ2n) is 7.86. The topological polar surface area (TPSA) is 66.9 Å². The molecule has 1 amide bonds. The molecule has 1 fully saturated rings. The molecule has 0 aromatic heterocycles. The van der Waals surface area contributed by atoms with E-state index in [1.165, 1.54) is 4.31 Å². The van der Waals surface area contributed by atoms with Crippen molar-refractivity contribution in [3.8, 4) is 5.75 Å². The van der Waals surface area contributed by atoms with Gasteiger partial charge < -0.3 is 9.64 Å². The SMILES string of the molecule is COc1ccccc1CN(C)C(=O)C1CCN(S(=O)(=O)Cc2ccccc2C)CC1. The summed E-state index contributed by atoms with van der Waals surface area (Å²) in [6.07, 6.45) is 1.09. The minimum Gasteiger partial charge on any atom is -0.496 e. The van der Waals surface area contributed by atoms with Gasteiger partial charge in [0.2, 0.25) is 15.9 Å². The summed E-state index contributed by atoms with van der Waals surface area (Å²) in [6, 6.07) is 15.2. The second-order valence-corrected chi connectivity index (χ2v) is 9.83. The van der Waals surface area contributed by atoms with Crippen LogP contribution in [0.2, 0.25) is 0 Å². The van der Waals surface area contributed by atoms with Crippen molar-refractivity contribution in [2.24, 2.45) is 5.92 Å². The molecule has 0 saturated carbocycles. The lowest BCUT2D eigenvalue weighted by atomic mass is 9.96. The molecule has 162 valence electrons. The Morgan fingerprint density at radius 1 is 1.07 bits per heavy atom. The molecular formula is C23H30N2O4S. The number of sulfonamides is 1.